The molecule has 3 N–H and O–H groups in total. The van der Waals surface area contributed by atoms with Gasteiger partial charge in [0.2, 0.25) is 0 Å². The van der Waals surface area contributed by atoms with E-state index in [4.69, 9.17) is 10.2 Å². The summed E-state index contributed by atoms with van der Waals surface area (Å²) < 4.78 is 6.15. The van der Waals surface area contributed by atoms with Gasteiger partial charge in [-0.05, 0) is 18.2 Å². The first-order valence-electron chi connectivity index (χ1n) is 4.60. The van der Waals surface area contributed by atoms with Crippen LogP contribution in [0.15, 0.2) is 33.2 Å². The van der Waals surface area contributed by atoms with Crippen LogP contribution >= 0.6 is 15.9 Å². The number of aromatic amines is 1. The number of anilines is 1. The summed E-state index contributed by atoms with van der Waals surface area (Å²) >= 11 is 3.41. The zero-order chi connectivity index (χ0) is 11.1. The number of benzene rings is 1. The summed E-state index contributed by atoms with van der Waals surface area (Å²) in [5.41, 5.74) is 7.14. The molecule has 2 aromatic heterocycles. The molecule has 0 fully saturated rings. The number of aromatic nitrogens is 3. The Morgan fingerprint density at radius 1 is 1.25 bits per heavy atom. The molecule has 2 heterocycles. The van der Waals surface area contributed by atoms with Gasteiger partial charge in [0.15, 0.2) is 0 Å². The number of nitrogens with one attached hydrogen (secondary N) is 1. The van der Waals surface area contributed by atoms with Crippen molar-refractivity contribution >= 4 is 32.8 Å². The lowest BCUT2D eigenvalue weighted by molar-refractivity contribution is 0.588. The molecule has 0 saturated heterocycles. The largest absolute Gasteiger partial charge is 0.402 e. The van der Waals surface area contributed by atoms with E-state index >= 15 is 0 Å². The number of nitrogens with zero attached hydrogens (tertiary/aromatic N) is 2. The van der Waals surface area contributed by atoms with Crippen molar-refractivity contribution in [2.45, 2.75) is 0 Å². The van der Waals surface area contributed by atoms with Crippen molar-refractivity contribution < 1.29 is 4.42 Å². The van der Waals surface area contributed by atoms with Gasteiger partial charge in [0, 0.05) is 15.4 Å². The summed E-state index contributed by atoms with van der Waals surface area (Å²) in [6.45, 7) is 0. The average Bonchev–Trinajstić information content (AvgIpc) is 2.83. The van der Waals surface area contributed by atoms with Gasteiger partial charge in [0.1, 0.15) is 5.69 Å². The van der Waals surface area contributed by atoms with E-state index in [-0.39, 0.29) is 6.01 Å². The van der Waals surface area contributed by atoms with Crippen molar-refractivity contribution in [1.82, 2.24) is 15.2 Å². The first-order valence-corrected chi connectivity index (χ1v) is 5.39. The maximum Gasteiger partial charge on any atom is 0.313 e. The highest BCUT2D eigenvalue weighted by Gasteiger charge is 2.09. The summed E-state index contributed by atoms with van der Waals surface area (Å²) in [7, 11) is 0. The third kappa shape index (κ3) is 1.47. The molecule has 0 bridgehead atoms. The van der Waals surface area contributed by atoms with Gasteiger partial charge in [-0.15, -0.1) is 5.10 Å². The summed E-state index contributed by atoms with van der Waals surface area (Å²) in [6.07, 6.45) is 0. The number of H-pyrrole nitrogens is 1. The smallest absolute Gasteiger partial charge is 0.313 e. The van der Waals surface area contributed by atoms with E-state index in [2.05, 4.69) is 31.1 Å². The highest BCUT2D eigenvalue weighted by Crippen LogP contribution is 2.25. The van der Waals surface area contributed by atoms with Gasteiger partial charge < -0.3 is 15.1 Å². The zero-order valence-corrected chi connectivity index (χ0v) is 9.65. The van der Waals surface area contributed by atoms with Gasteiger partial charge >= 0.3 is 6.01 Å². The van der Waals surface area contributed by atoms with Crippen LogP contribution in [-0.4, -0.2) is 15.2 Å². The second-order valence-corrected chi connectivity index (χ2v) is 4.28. The Morgan fingerprint density at radius 2 is 2.12 bits per heavy atom. The fraction of sp³-hybridized carbons (Fsp3) is 0. The van der Waals surface area contributed by atoms with Crippen LogP contribution in [0.25, 0.3) is 22.5 Å². The maximum atomic E-state index is 5.37. The fourth-order valence-corrected chi connectivity index (χ4v) is 1.92. The molecule has 0 amide bonds. The molecule has 3 aromatic rings. The van der Waals surface area contributed by atoms with Crippen molar-refractivity contribution in [3.63, 3.8) is 0 Å². The monoisotopic (exact) mass is 278 g/mol. The van der Waals surface area contributed by atoms with Crippen LogP contribution in [0.2, 0.25) is 0 Å². The number of nitrogen functional groups attached to an aromatic ring is 1. The van der Waals surface area contributed by atoms with Gasteiger partial charge in [-0.3, -0.25) is 0 Å². The second kappa shape index (κ2) is 3.34. The average molecular weight is 279 g/mol. The number of hydrogen-bond acceptors (Lipinski definition) is 4. The molecular formula is C10H7BrN4O. The Balaban J connectivity index is 2.18. The van der Waals surface area contributed by atoms with Crippen LogP contribution in [-0.2, 0) is 0 Å². The molecule has 0 atom stereocenters. The number of nitrogens with two attached hydrogens (primary N) is 1. The van der Waals surface area contributed by atoms with Crippen molar-refractivity contribution in [2.24, 2.45) is 0 Å². The third-order valence-corrected chi connectivity index (χ3v) is 2.75. The van der Waals surface area contributed by atoms with E-state index < -0.39 is 0 Å². The highest BCUT2D eigenvalue weighted by molar-refractivity contribution is 9.10. The van der Waals surface area contributed by atoms with Gasteiger partial charge in [-0.2, -0.15) is 0 Å². The minimum atomic E-state index is 0.0647. The maximum absolute atomic E-state index is 5.37. The Hall–Kier alpha value is -1.82. The molecular weight excluding hydrogens is 272 g/mol. The van der Waals surface area contributed by atoms with Crippen LogP contribution < -0.4 is 5.73 Å². The van der Waals surface area contributed by atoms with Crippen molar-refractivity contribution in [1.29, 1.82) is 0 Å². The number of rotatable bonds is 1. The van der Waals surface area contributed by atoms with Crippen LogP contribution in [0.3, 0.4) is 0 Å². The molecule has 16 heavy (non-hydrogen) atoms. The molecule has 0 aliphatic carbocycles. The molecule has 0 spiro atoms. The van der Waals surface area contributed by atoms with E-state index in [9.17, 15) is 0 Å². The van der Waals surface area contributed by atoms with Crippen molar-refractivity contribution in [3.8, 4) is 11.6 Å². The second-order valence-electron chi connectivity index (χ2n) is 3.36. The zero-order valence-electron chi connectivity index (χ0n) is 8.07. The molecule has 0 radical (unpaired) electrons. The number of hydrogen-bond donors (Lipinski definition) is 2. The normalized spacial score (nSPS) is 11.1. The Kier molecular flexibility index (Phi) is 1.97. The molecule has 6 heteroatoms. The quantitative estimate of drug-likeness (QED) is 0.717. The Morgan fingerprint density at radius 3 is 2.88 bits per heavy atom. The first kappa shape index (κ1) is 9.41. The van der Waals surface area contributed by atoms with Crippen LogP contribution in [0, 0.1) is 0 Å². The molecule has 3 rings (SSSR count). The SMILES string of the molecule is Nc1nnc(-c2cc3ccc(Br)cc3[nH]2)o1. The van der Waals surface area contributed by atoms with E-state index in [1.54, 1.807) is 0 Å². The minimum absolute atomic E-state index is 0.0647. The Labute approximate surface area is 98.8 Å². The molecule has 0 saturated carbocycles. The number of halogens is 1. The predicted molar refractivity (Wildman–Crippen MR) is 63.7 cm³/mol. The lowest BCUT2D eigenvalue weighted by Gasteiger charge is -1.89. The van der Waals surface area contributed by atoms with Crippen molar-refractivity contribution in [2.75, 3.05) is 5.73 Å². The summed E-state index contributed by atoms with van der Waals surface area (Å²) in [6, 6.07) is 7.96. The molecule has 0 unspecified atom stereocenters. The standard InChI is InChI=1S/C10H7BrN4O/c11-6-2-1-5-3-8(13-7(5)4-6)9-14-15-10(12)16-9/h1-4,13H,(H2,12,15). The molecule has 5 nitrogen and oxygen atoms in total. The highest BCUT2D eigenvalue weighted by atomic mass is 79.9. The predicted octanol–water partition coefficient (Wildman–Crippen LogP) is 2.56. The first-order chi connectivity index (χ1) is 7.72. The van der Waals surface area contributed by atoms with E-state index in [1.165, 1.54) is 0 Å². The summed E-state index contributed by atoms with van der Waals surface area (Å²) in [4.78, 5) is 3.18. The number of fused-ring (bicyclic) bond motifs is 1. The van der Waals surface area contributed by atoms with Crippen molar-refractivity contribution in [3.05, 3.63) is 28.7 Å². The van der Waals surface area contributed by atoms with E-state index in [0.29, 0.717) is 5.89 Å². The van der Waals surface area contributed by atoms with Gasteiger partial charge in [0.25, 0.3) is 5.89 Å². The third-order valence-electron chi connectivity index (χ3n) is 2.26. The minimum Gasteiger partial charge on any atom is -0.402 e. The summed E-state index contributed by atoms with van der Waals surface area (Å²) in [5, 5.41) is 8.51. The van der Waals surface area contributed by atoms with Gasteiger partial charge in [-0.1, -0.05) is 27.1 Å². The molecule has 80 valence electrons. The fourth-order valence-electron chi connectivity index (χ4n) is 1.56. The van der Waals surface area contributed by atoms with E-state index in [0.717, 1.165) is 21.1 Å². The molecule has 1 aromatic carbocycles. The lowest BCUT2D eigenvalue weighted by Crippen LogP contribution is -1.81. The van der Waals surface area contributed by atoms with Crippen LogP contribution in [0.4, 0.5) is 6.01 Å². The summed E-state index contributed by atoms with van der Waals surface area (Å²) in [5.74, 6) is 0.393. The van der Waals surface area contributed by atoms with Gasteiger partial charge in [-0.25, -0.2) is 0 Å². The van der Waals surface area contributed by atoms with Crippen LogP contribution in [0.5, 0.6) is 0 Å². The van der Waals surface area contributed by atoms with E-state index in [1.807, 2.05) is 24.3 Å². The molecule has 0 aliphatic rings. The van der Waals surface area contributed by atoms with Gasteiger partial charge in [0.05, 0.1) is 0 Å². The topological polar surface area (TPSA) is 80.7 Å². The molecule has 0 aliphatic heterocycles. The lowest BCUT2D eigenvalue weighted by atomic mass is 10.2. The van der Waals surface area contributed by atoms with Crippen LogP contribution in [0.1, 0.15) is 0 Å². The Bertz CT molecular complexity index is 658.